The maximum Gasteiger partial charge on any atom is 0.329 e. The van der Waals surface area contributed by atoms with E-state index in [1.807, 2.05) is 0 Å². The van der Waals surface area contributed by atoms with Crippen molar-refractivity contribution < 1.29 is 27.5 Å². The molecule has 0 aromatic carbocycles. The van der Waals surface area contributed by atoms with Crippen LogP contribution in [0.4, 0.5) is 0 Å². The maximum absolute atomic E-state index is 12.4. The highest BCUT2D eigenvalue weighted by Crippen LogP contribution is 2.29. The highest BCUT2D eigenvalue weighted by molar-refractivity contribution is 7.89. The molecule has 1 fully saturated rings. The predicted octanol–water partition coefficient (Wildman–Crippen LogP) is 1.01. The summed E-state index contributed by atoms with van der Waals surface area (Å²) in [5.41, 5.74) is -1.29. The zero-order valence-electron chi connectivity index (χ0n) is 13.0. The fourth-order valence-corrected chi connectivity index (χ4v) is 3.45. The molecule has 1 aliphatic carbocycles. The molecular weight excluding hydrogens is 324 g/mol. The van der Waals surface area contributed by atoms with Crippen molar-refractivity contribution in [2.75, 3.05) is 7.05 Å². The minimum absolute atomic E-state index is 0.0185. The molecule has 2 rings (SSSR count). The van der Waals surface area contributed by atoms with Gasteiger partial charge in [0.05, 0.1) is 5.56 Å². The number of nitrogens with one attached hydrogen (secondary N) is 2. The number of carbonyl (C=O) groups is 2. The van der Waals surface area contributed by atoms with Crippen LogP contribution in [0.15, 0.2) is 15.6 Å². The monoisotopic (exact) mass is 344 g/mol. The van der Waals surface area contributed by atoms with Gasteiger partial charge in [0.25, 0.3) is 15.9 Å². The van der Waals surface area contributed by atoms with Gasteiger partial charge in [0.2, 0.25) is 5.09 Å². The van der Waals surface area contributed by atoms with Crippen LogP contribution in [0.25, 0.3) is 0 Å². The molecule has 1 heterocycles. The molecule has 0 atom stereocenters. The van der Waals surface area contributed by atoms with Gasteiger partial charge in [-0.05, 0) is 26.8 Å². The molecule has 3 N–H and O–H groups in total. The Morgan fingerprint density at radius 2 is 1.87 bits per heavy atom. The fourth-order valence-electron chi connectivity index (χ4n) is 2.75. The number of carboxylic acid groups (broad SMARTS) is 1. The smallest absolute Gasteiger partial charge is 0.329 e. The summed E-state index contributed by atoms with van der Waals surface area (Å²) in [7, 11) is -2.58. The first kappa shape index (κ1) is 17.5. The Kier molecular flexibility index (Phi) is 4.81. The second-order valence-corrected chi connectivity index (χ2v) is 7.46. The molecule has 0 saturated heterocycles. The number of furan rings is 1. The van der Waals surface area contributed by atoms with Gasteiger partial charge in [0, 0.05) is 6.07 Å². The van der Waals surface area contributed by atoms with E-state index in [1.54, 1.807) is 0 Å². The Labute approximate surface area is 134 Å². The first-order chi connectivity index (χ1) is 10.7. The summed E-state index contributed by atoms with van der Waals surface area (Å²) in [4.78, 5) is 24.0. The SMILES string of the molecule is CNS(=O)(=O)c1cc(C(=O)NC2(C(=O)O)CCCCC2)c(C)o1. The molecule has 0 radical (unpaired) electrons. The van der Waals surface area contributed by atoms with Gasteiger partial charge in [-0.25, -0.2) is 17.9 Å². The van der Waals surface area contributed by atoms with Gasteiger partial charge in [-0.3, -0.25) is 4.79 Å². The first-order valence-corrected chi connectivity index (χ1v) is 8.80. The number of carboxylic acids is 1. The van der Waals surface area contributed by atoms with Gasteiger partial charge >= 0.3 is 5.97 Å². The van der Waals surface area contributed by atoms with E-state index in [-0.39, 0.29) is 16.4 Å². The number of aryl methyl sites for hydroxylation is 1. The van der Waals surface area contributed by atoms with Crippen molar-refractivity contribution in [2.24, 2.45) is 0 Å². The molecule has 8 nitrogen and oxygen atoms in total. The molecule has 1 aliphatic rings. The lowest BCUT2D eigenvalue weighted by Gasteiger charge is -2.33. The van der Waals surface area contributed by atoms with Gasteiger partial charge in [0.15, 0.2) is 0 Å². The van der Waals surface area contributed by atoms with E-state index in [9.17, 15) is 23.1 Å². The van der Waals surface area contributed by atoms with E-state index in [4.69, 9.17) is 4.42 Å². The largest absolute Gasteiger partial charge is 0.480 e. The highest BCUT2D eigenvalue weighted by atomic mass is 32.2. The second-order valence-electron chi connectivity index (χ2n) is 5.64. The molecule has 1 amide bonds. The average Bonchev–Trinajstić information content (AvgIpc) is 2.91. The van der Waals surface area contributed by atoms with Crippen molar-refractivity contribution in [3.63, 3.8) is 0 Å². The van der Waals surface area contributed by atoms with Crippen molar-refractivity contribution in [3.8, 4) is 0 Å². The van der Waals surface area contributed by atoms with E-state index in [0.29, 0.717) is 12.8 Å². The van der Waals surface area contributed by atoms with E-state index < -0.39 is 27.4 Å². The summed E-state index contributed by atoms with van der Waals surface area (Å²) < 4.78 is 30.7. The van der Waals surface area contributed by atoms with E-state index >= 15 is 0 Å². The Balaban J connectivity index is 2.28. The molecule has 128 valence electrons. The molecule has 0 unspecified atom stereocenters. The quantitative estimate of drug-likeness (QED) is 0.732. The fraction of sp³-hybridized carbons (Fsp3) is 0.571. The van der Waals surface area contributed by atoms with Crippen LogP contribution in [0.1, 0.15) is 48.2 Å². The number of rotatable bonds is 5. The molecule has 23 heavy (non-hydrogen) atoms. The lowest BCUT2D eigenvalue weighted by Crippen LogP contribution is -2.55. The van der Waals surface area contributed by atoms with Crippen LogP contribution in [0, 0.1) is 6.92 Å². The van der Waals surface area contributed by atoms with Crippen LogP contribution in [-0.4, -0.2) is 38.0 Å². The average molecular weight is 344 g/mol. The van der Waals surface area contributed by atoms with E-state index in [1.165, 1.54) is 14.0 Å². The van der Waals surface area contributed by atoms with Crippen LogP contribution in [0.2, 0.25) is 0 Å². The molecule has 0 bridgehead atoms. The number of aliphatic carboxylic acids is 1. The molecule has 0 spiro atoms. The van der Waals surface area contributed by atoms with Crippen LogP contribution in [0.3, 0.4) is 0 Å². The van der Waals surface area contributed by atoms with Gasteiger partial charge in [-0.1, -0.05) is 19.3 Å². The van der Waals surface area contributed by atoms with Crippen molar-refractivity contribution in [1.29, 1.82) is 0 Å². The van der Waals surface area contributed by atoms with Gasteiger partial charge in [-0.2, -0.15) is 0 Å². The zero-order chi connectivity index (χ0) is 17.3. The Hall–Kier alpha value is -1.87. The lowest BCUT2D eigenvalue weighted by atomic mass is 9.81. The third kappa shape index (κ3) is 3.40. The number of hydrogen-bond donors (Lipinski definition) is 3. The van der Waals surface area contributed by atoms with Crippen molar-refractivity contribution in [2.45, 2.75) is 49.7 Å². The summed E-state index contributed by atoms with van der Waals surface area (Å²) in [6, 6.07) is 1.11. The molecule has 1 saturated carbocycles. The lowest BCUT2D eigenvalue weighted by molar-refractivity contribution is -0.145. The Morgan fingerprint density at radius 3 is 2.39 bits per heavy atom. The van der Waals surface area contributed by atoms with Crippen molar-refractivity contribution in [3.05, 3.63) is 17.4 Å². The standard InChI is InChI=1S/C14H20N2O6S/c1-9-10(8-11(22-9)23(20,21)15-2)12(17)16-14(13(18)19)6-4-3-5-7-14/h8,15H,3-7H2,1-2H3,(H,16,17)(H,18,19). The molecule has 9 heteroatoms. The first-order valence-electron chi connectivity index (χ1n) is 7.32. The summed E-state index contributed by atoms with van der Waals surface area (Å²) >= 11 is 0. The molecule has 1 aromatic heterocycles. The minimum Gasteiger partial charge on any atom is -0.480 e. The van der Waals surface area contributed by atoms with Crippen LogP contribution in [0.5, 0.6) is 0 Å². The van der Waals surface area contributed by atoms with Gasteiger partial charge < -0.3 is 14.8 Å². The summed E-state index contributed by atoms with van der Waals surface area (Å²) in [5.74, 6) is -1.60. The summed E-state index contributed by atoms with van der Waals surface area (Å²) in [6.07, 6.45) is 3.08. The van der Waals surface area contributed by atoms with E-state index in [0.717, 1.165) is 25.3 Å². The van der Waals surface area contributed by atoms with Gasteiger partial charge in [0.1, 0.15) is 11.3 Å². The zero-order valence-corrected chi connectivity index (χ0v) is 13.8. The summed E-state index contributed by atoms with van der Waals surface area (Å²) in [5, 5.41) is 11.7. The van der Waals surface area contributed by atoms with Crippen LogP contribution >= 0.6 is 0 Å². The van der Waals surface area contributed by atoms with Gasteiger partial charge in [-0.15, -0.1) is 0 Å². The summed E-state index contributed by atoms with van der Waals surface area (Å²) in [6.45, 7) is 1.46. The normalized spacial score (nSPS) is 17.7. The number of hydrogen-bond acceptors (Lipinski definition) is 5. The predicted molar refractivity (Wildman–Crippen MR) is 80.6 cm³/mol. The Morgan fingerprint density at radius 1 is 1.26 bits per heavy atom. The van der Waals surface area contributed by atoms with E-state index in [2.05, 4.69) is 10.0 Å². The maximum atomic E-state index is 12.4. The third-order valence-electron chi connectivity index (χ3n) is 4.14. The molecule has 0 aliphatic heterocycles. The van der Waals surface area contributed by atoms with Crippen LogP contribution < -0.4 is 10.0 Å². The topological polar surface area (TPSA) is 126 Å². The van der Waals surface area contributed by atoms with Crippen molar-refractivity contribution >= 4 is 21.9 Å². The minimum atomic E-state index is -3.81. The molecule has 1 aromatic rings. The second kappa shape index (κ2) is 6.32. The number of amides is 1. The van der Waals surface area contributed by atoms with Crippen molar-refractivity contribution in [1.82, 2.24) is 10.0 Å². The highest BCUT2D eigenvalue weighted by Gasteiger charge is 2.41. The van der Waals surface area contributed by atoms with Crippen LogP contribution in [-0.2, 0) is 14.8 Å². The molecular formula is C14H20N2O6S. The number of carbonyl (C=O) groups excluding carboxylic acids is 1. The Bertz CT molecular complexity index is 716. The number of sulfonamides is 1. The third-order valence-corrected chi connectivity index (χ3v) is 5.41.